The van der Waals surface area contributed by atoms with Crippen molar-refractivity contribution in [2.75, 3.05) is 13.1 Å². The van der Waals surface area contributed by atoms with E-state index in [9.17, 15) is 13.2 Å². The van der Waals surface area contributed by atoms with Gasteiger partial charge >= 0.3 is 0 Å². The van der Waals surface area contributed by atoms with Crippen LogP contribution >= 0.6 is 10.7 Å². The van der Waals surface area contributed by atoms with Crippen LogP contribution in [0, 0.1) is 5.92 Å². The van der Waals surface area contributed by atoms with Crippen LogP contribution in [-0.2, 0) is 9.05 Å². The lowest BCUT2D eigenvalue weighted by molar-refractivity contribution is 0.0744. The van der Waals surface area contributed by atoms with E-state index < -0.39 is 9.05 Å². The number of nitrogens with zero attached hydrogens (tertiary/aromatic N) is 2. The molecule has 7 heteroatoms. The number of carbonyl (C=O) groups is 1. The number of rotatable bonds is 6. The van der Waals surface area contributed by atoms with Gasteiger partial charge in [0.15, 0.2) is 0 Å². The first kappa shape index (κ1) is 16.4. The summed E-state index contributed by atoms with van der Waals surface area (Å²) in [4.78, 5) is 14.4. The quantitative estimate of drug-likeness (QED) is 0.753. The maximum atomic E-state index is 12.7. The molecule has 0 radical (unpaired) electrons. The fourth-order valence-electron chi connectivity index (χ4n) is 2.32. The molecule has 1 aromatic heterocycles. The summed E-state index contributed by atoms with van der Waals surface area (Å²) in [6.07, 6.45) is 3.76. The van der Waals surface area contributed by atoms with Gasteiger partial charge in [0.25, 0.3) is 15.0 Å². The maximum Gasteiger partial charge on any atom is 0.270 e. The summed E-state index contributed by atoms with van der Waals surface area (Å²) in [5, 5.41) is 0. The van der Waals surface area contributed by atoms with Crippen molar-refractivity contribution >= 4 is 25.6 Å². The molecular weight excluding hydrogens is 312 g/mol. The number of aromatic nitrogens is 1. The standard InChI is InChI=1S/C14H21ClN2O3S/c1-4-16(8-11-5-6-11)14(18)13-7-12(21(15,19)20)9-17(13)10(2)3/h7,9-11H,4-6,8H2,1-3H3. The topological polar surface area (TPSA) is 59.4 Å². The normalized spacial score (nSPS) is 15.5. The van der Waals surface area contributed by atoms with E-state index in [0.717, 1.165) is 19.4 Å². The molecule has 1 aromatic rings. The smallest absolute Gasteiger partial charge is 0.270 e. The molecule has 1 saturated carbocycles. The van der Waals surface area contributed by atoms with Gasteiger partial charge in [0.1, 0.15) is 10.6 Å². The van der Waals surface area contributed by atoms with Crippen LogP contribution < -0.4 is 0 Å². The van der Waals surface area contributed by atoms with Gasteiger partial charge in [-0.2, -0.15) is 0 Å². The molecular formula is C14H21ClN2O3S. The molecule has 5 nitrogen and oxygen atoms in total. The molecule has 1 aliphatic rings. The lowest BCUT2D eigenvalue weighted by Crippen LogP contribution is -2.34. The Morgan fingerprint density at radius 2 is 2.10 bits per heavy atom. The summed E-state index contributed by atoms with van der Waals surface area (Å²) in [6, 6.07) is 1.36. The van der Waals surface area contributed by atoms with E-state index in [1.807, 2.05) is 20.8 Å². The summed E-state index contributed by atoms with van der Waals surface area (Å²) in [6.45, 7) is 7.09. The fourth-order valence-corrected chi connectivity index (χ4v) is 3.06. The van der Waals surface area contributed by atoms with E-state index in [2.05, 4.69) is 0 Å². The predicted octanol–water partition coefficient (Wildman–Crippen LogP) is 2.87. The minimum absolute atomic E-state index is 0.0178. The Morgan fingerprint density at radius 3 is 2.52 bits per heavy atom. The van der Waals surface area contributed by atoms with Gasteiger partial charge in [-0.05, 0) is 45.6 Å². The summed E-state index contributed by atoms with van der Waals surface area (Å²) in [5.41, 5.74) is 0.381. The fraction of sp³-hybridized carbons (Fsp3) is 0.643. The van der Waals surface area contributed by atoms with Crippen LogP contribution in [0.1, 0.15) is 50.1 Å². The molecule has 0 saturated heterocycles. The molecule has 1 amide bonds. The molecule has 0 bridgehead atoms. The number of carbonyl (C=O) groups excluding carboxylic acids is 1. The van der Waals surface area contributed by atoms with Crippen molar-refractivity contribution in [2.24, 2.45) is 5.92 Å². The lowest BCUT2D eigenvalue weighted by Gasteiger charge is -2.22. The largest absolute Gasteiger partial charge is 0.340 e. The molecule has 0 atom stereocenters. The molecule has 118 valence electrons. The van der Waals surface area contributed by atoms with Crippen molar-refractivity contribution in [3.05, 3.63) is 18.0 Å². The lowest BCUT2D eigenvalue weighted by atomic mass is 10.3. The minimum atomic E-state index is -3.83. The van der Waals surface area contributed by atoms with E-state index >= 15 is 0 Å². The van der Waals surface area contributed by atoms with E-state index in [-0.39, 0.29) is 16.8 Å². The van der Waals surface area contributed by atoms with Crippen LogP contribution in [0.3, 0.4) is 0 Å². The monoisotopic (exact) mass is 332 g/mol. The number of hydrogen-bond donors (Lipinski definition) is 0. The molecule has 0 spiro atoms. The molecule has 0 unspecified atom stereocenters. The van der Waals surface area contributed by atoms with Crippen LogP contribution in [0.25, 0.3) is 0 Å². The van der Waals surface area contributed by atoms with Crippen molar-refractivity contribution in [3.8, 4) is 0 Å². The third kappa shape index (κ3) is 3.80. The van der Waals surface area contributed by atoms with Gasteiger partial charge in [-0.1, -0.05) is 0 Å². The first-order valence-corrected chi connectivity index (χ1v) is 9.50. The second-order valence-corrected chi connectivity index (χ2v) is 8.35. The Hall–Kier alpha value is -1.01. The average molecular weight is 333 g/mol. The third-order valence-electron chi connectivity index (χ3n) is 3.72. The molecule has 21 heavy (non-hydrogen) atoms. The SMILES string of the molecule is CCN(CC1CC1)C(=O)c1cc(S(=O)(=O)Cl)cn1C(C)C. The van der Waals surface area contributed by atoms with Gasteiger partial charge in [0.05, 0.1) is 0 Å². The van der Waals surface area contributed by atoms with Crippen LogP contribution in [0.5, 0.6) is 0 Å². The second kappa shape index (κ2) is 6.01. The van der Waals surface area contributed by atoms with Crippen molar-refractivity contribution in [1.82, 2.24) is 9.47 Å². The van der Waals surface area contributed by atoms with Crippen molar-refractivity contribution in [2.45, 2.75) is 44.6 Å². The van der Waals surface area contributed by atoms with Crippen LogP contribution in [0.4, 0.5) is 0 Å². The summed E-state index contributed by atoms with van der Waals surface area (Å²) >= 11 is 0. The van der Waals surface area contributed by atoms with E-state index in [1.165, 1.54) is 12.3 Å². The van der Waals surface area contributed by atoms with E-state index in [0.29, 0.717) is 18.2 Å². The number of amides is 1. The highest BCUT2D eigenvalue weighted by Gasteiger charge is 2.29. The van der Waals surface area contributed by atoms with Gasteiger partial charge in [-0.15, -0.1) is 0 Å². The van der Waals surface area contributed by atoms with E-state index in [1.54, 1.807) is 9.47 Å². The molecule has 0 aliphatic heterocycles. The third-order valence-corrected chi connectivity index (χ3v) is 5.05. The average Bonchev–Trinajstić information content (AvgIpc) is 3.07. The first-order chi connectivity index (χ1) is 9.74. The zero-order valence-corrected chi connectivity index (χ0v) is 14.1. The highest BCUT2D eigenvalue weighted by molar-refractivity contribution is 8.13. The van der Waals surface area contributed by atoms with Gasteiger partial charge in [0.2, 0.25) is 0 Å². The molecule has 2 rings (SSSR count). The van der Waals surface area contributed by atoms with Crippen LogP contribution in [-0.4, -0.2) is 36.9 Å². The van der Waals surface area contributed by atoms with Gasteiger partial charge in [0, 0.05) is 36.0 Å². The minimum Gasteiger partial charge on any atom is -0.340 e. The summed E-state index contributed by atoms with van der Waals surface area (Å²) in [7, 11) is 1.56. The van der Waals surface area contributed by atoms with E-state index in [4.69, 9.17) is 10.7 Å². The Morgan fingerprint density at radius 1 is 1.48 bits per heavy atom. The van der Waals surface area contributed by atoms with Gasteiger partial charge < -0.3 is 9.47 Å². The number of hydrogen-bond acceptors (Lipinski definition) is 3. The zero-order valence-electron chi connectivity index (χ0n) is 12.5. The molecule has 0 aromatic carbocycles. The molecule has 1 aliphatic carbocycles. The van der Waals surface area contributed by atoms with Crippen LogP contribution in [0.15, 0.2) is 17.2 Å². The first-order valence-electron chi connectivity index (χ1n) is 7.19. The van der Waals surface area contributed by atoms with Crippen molar-refractivity contribution in [3.63, 3.8) is 0 Å². The Labute approximate surface area is 130 Å². The van der Waals surface area contributed by atoms with Gasteiger partial charge in [-0.25, -0.2) is 8.42 Å². The summed E-state index contributed by atoms with van der Waals surface area (Å²) < 4.78 is 24.7. The highest BCUT2D eigenvalue weighted by Crippen LogP contribution is 2.30. The zero-order chi connectivity index (χ0) is 15.8. The maximum absolute atomic E-state index is 12.7. The second-order valence-electron chi connectivity index (χ2n) is 5.79. The van der Waals surface area contributed by atoms with Crippen LogP contribution in [0.2, 0.25) is 0 Å². The Balaban J connectivity index is 2.35. The van der Waals surface area contributed by atoms with Gasteiger partial charge in [-0.3, -0.25) is 4.79 Å². The van der Waals surface area contributed by atoms with Crippen molar-refractivity contribution < 1.29 is 13.2 Å². The predicted molar refractivity (Wildman–Crippen MR) is 82.2 cm³/mol. The Kier molecular flexibility index (Phi) is 4.68. The highest BCUT2D eigenvalue weighted by atomic mass is 35.7. The Bertz CT molecular complexity index is 633. The van der Waals surface area contributed by atoms with Crippen molar-refractivity contribution in [1.29, 1.82) is 0 Å². The molecule has 1 heterocycles. The number of halogens is 1. The molecule has 1 fully saturated rings. The summed E-state index contributed by atoms with van der Waals surface area (Å²) in [5.74, 6) is 0.456. The molecule has 0 N–H and O–H groups in total.